The van der Waals surface area contributed by atoms with Crippen molar-refractivity contribution in [2.75, 3.05) is 6.54 Å². The summed E-state index contributed by atoms with van der Waals surface area (Å²) >= 11 is 0. The van der Waals surface area contributed by atoms with Crippen molar-refractivity contribution in [1.29, 1.82) is 0 Å². The van der Waals surface area contributed by atoms with Gasteiger partial charge in [-0.15, -0.1) is 0 Å². The van der Waals surface area contributed by atoms with Crippen LogP contribution in [-0.2, 0) is 4.84 Å². The molecule has 0 aromatic rings. The van der Waals surface area contributed by atoms with Crippen LogP contribution < -0.4 is 5.48 Å². The highest BCUT2D eigenvalue weighted by Gasteiger charge is 2.42. The standard InChI is InChI=1S/C4H6F3NO/c5-4(6,7)3-1-2-8-9-3/h3,8H,1-2H2. The molecule has 1 aliphatic rings. The van der Waals surface area contributed by atoms with Gasteiger partial charge in [-0.3, -0.25) is 4.84 Å². The molecule has 0 bridgehead atoms. The van der Waals surface area contributed by atoms with Crippen LogP contribution in [0.3, 0.4) is 0 Å². The minimum absolute atomic E-state index is 0.0174. The average Bonchev–Trinajstić information content (AvgIpc) is 2.08. The van der Waals surface area contributed by atoms with Crippen LogP contribution in [0.4, 0.5) is 13.2 Å². The molecule has 54 valence electrons. The van der Waals surface area contributed by atoms with Crippen LogP contribution in [0.5, 0.6) is 0 Å². The SMILES string of the molecule is FC(F)(F)C1CCNO1. The first-order valence-electron chi connectivity index (χ1n) is 2.56. The van der Waals surface area contributed by atoms with E-state index in [2.05, 4.69) is 10.3 Å². The largest absolute Gasteiger partial charge is 0.416 e. The fourth-order valence-electron chi connectivity index (χ4n) is 0.639. The fourth-order valence-corrected chi connectivity index (χ4v) is 0.639. The van der Waals surface area contributed by atoms with E-state index in [1.54, 1.807) is 0 Å². The zero-order valence-electron chi connectivity index (χ0n) is 4.53. The van der Waals surface area contributed by atoms with E-state index in [-0.39, 0.29) is 13.0 Å². The van der Waals surface area contributed by atoms with Gasteiger partial charge in [0.05, 0.1) is 0 Å². The summed E-state index contributed by atoms with van der Waals surface area (Å²) in [6.45, 7) is 0.282. The zero-order chi connectivity index (χ0) is 6.91. The van der Waals surface area contributed by atoms with Gasteiger partial charge in [0.2, 0.25) is 0 Å². The maximum Gasteiger partial charge on any atom is 0.416 e. The van der Waals surface area contributed by atoms with Crippen molar-refractivity contribution in [3.8, 4) is 0 Å². The number of hydrogen-bond acceptors (Lipinski definition) is 2. The molecule has 0 saturated carbocycles. The molecule has 1 unspecified atom stereocenters. The first kappa shape index (κ1) is 6.82. The Balaban J connectivity index is 2.42. The van der Waals surface area contributed by atoms with Crippen molar-refractivity contribution in [3.05, 3.63) is 0 Å². The minimum atomic E-state index is -4.20. The third-order valence-corrected chi connectivity index (χ3v) is 1.10. The van der Waals surface area contributed by atoms with Crippen molar-refractivity contribution in [2.45, 2.75) is 18.7 Å². The molecule has 1 fully saturated rings. The van der Waals surface area contributed by atoms with Gasteiger partial charge >= 0.3 is 6.18 Å². The van der Waals surface area contributed by atoms with Gasteiger partial charge in [-0.2, -0.15) is 13.2 Å². The Hall–Kier alpha value is -0.290. The minimum Gasteiger partial charge on any atom is -0.289 e. The molecule has 1 saturated heterocycles. The third-order valence-electron chi connectivity index (χ3n) is 1.10. The monoisotopic (exact) mass is 141 g/mol. The van der Waals surface area contributed by atoms with E-state index < -0.39 is 12.3 Å². The Kier molecular flexibility index (Phi) is 1.63. The van der Waals surface area contributed by atoms with Gasteiger partial charge in [0, 0.05) is 6.54 Å². The van der Waals surface area contributed by atoms with Crippen molar-refractivity contribution in [3.63, 3.8) is 0 Å². The fraction of sp³-hybridized carbons (Fsp3) is 1.00. The first-order valence-corrected chi connectivity index (χ1v) is 2.56. The second kappa shape index (κ2) is 2.15. The van der Waals surface area contributed by atoms with Gasteiger partial charge < -0.3 is 0 Å². The van der Waals surface area contributed by atoms with Crippen LogP contribution in [0.1, 0.15) is 6.42 Å². The Morgan fingerprint density at radius 2 is 2.11 bits per heavy atom. The summed E-state index contributed by atoms with van der Waals surface area (Å²) in [5.41, 5.74) is 2.16. The Morgan fingerprint density at radius 1 is 1.44 bits per heavy atom. The molecule has 5 heteroatoms. The lowest BCUT2D eigenvalue weighted by molar-refractivity contribution is -0.218. The molecule has 0 spiro atoms. The summed E-state index contributed by atoms with van der Waals surface area (Å²) in [5, 5.41) is 0. The van der Waals surface area contributed by atoms with Crippen molar-refractivity contribution in [2.24, 2.45) is 0 Å². The predicted molar refractivity (Wildman–Crippen MR) is 23.5 cm³/mol. The number of alkyl halides is 3. The highest BCUT2D eigenvalue weighted by molar-refractivity contribution is 4.70. The number of nitrogens with one attached hydrogen (secondary N) is 1. The summed E-state index contributed by atoms with van der Waals surface area (Å²) in [7, 11) is 0. The highest BCUT2D eigenvalue weighted by atomic mass is 19.4. The molecule has 0 aliphatic carbocycles. The Morgan fingerprint density at radius 3 is 2.33 bits per heavy atom. The summed E-state index contributed by atoms with van der Waals surface area (Å²) in [6, 6.07) is 0. The number of hydroxylamine groups is 1. The second-order valence-electron chi connectivity index (χ2n) is 1.83. The van der Waals surface area contributed by atoms with E-state index in [1.165, 1.54) is 0 Å². The molecule has 1 rings (SSSR count). The van der Waals surface area contributed by atoms with Gasteiger partial charge in [0.25, 0.3) is 0 Å². The molecule has 1 aliphatic heterocycles. The molecular weight excluding hydrogens is 135 g/mol. The van der Waals surface area contributed by atoms with Crippen molar-refractivity contribution >= 4 is 0 Å². The number of halogens is 3. The molecule has 9 heavy (non-hydrogen) atoms. The highest BCUT2D eigenvalue weighted by Crippen LogP contribution is 2.26. The molecule has 0 radical (unpaired) electrons. The van der Waals surface area contributed by atoms with Crippen LogP contribution in [0.25, 0.3) is 0 Å². The van der Waals surface area contributed by atoms with Gasteiger partial charge in [-0.1, -0.05) is 0 Å². The van der Waals surface area contributed by atoms with Crippen LogP contribution in [0.2, 0.25) is 0 Å². The Labute approximate surface area is 49.9 Å². The summed E-state index contributed by atoms with van der Waals surface area (Å²) in [4.78, 5) is 4.14. The molecular formula is C4H6F3NO. The lowest BCUT2D eigenvalue weighted by Crippen LogP contribution is -2.28. The maximum absolute atomic E-state index is 11.6. The van der Waals surface area contributed by atoms with E-state index >= 15 is 0 Å². The number of hydrogen-bond donors (Lipinski definition) is 1. The quantitative estimate of drug-likeness (QED) is 0.539. The van der Waals surface area contributed by atoms with E-state index in [9.17, 15) is 13.2 Å². The number of rotatable bonds is 0. The van der Waals surface area contributed by atoms with E-state index in [0.29, 0.717) is 0 Å². The third kappa shape index (κ3) is 1.56. The maximum atomic E-state index is 11.6. The molecule has 0 amide bonds. The molecule has 1 heterocycles. The van der Waals surface area contributed by atoms with E-state index in [1.807, 2.05) is 0 Å². The van der Waals surface area contributed by atoms with Crippen LogP contribution in [0.15, 0.2) is 0 Å². The lowest BCUT2D eigenvalue weighted by Gasteiger charge is -2.10. The van der Waals surface area contributed by atoms with Crippen LogP contribution in [0, 0.1) is 0 Å². The molecule has 1 atom stereocenters. The van der Waals surface area contributed by atoms with Crippen LogP contribution in [-0.4, -0.2) is 18.8 Å². The summed E-state index contributed by atoms with van der Waals surface area (Å²) < 4.78 is 34.8. The van der Waals surface area contributed by atoms with Gasteiger partial charge in [-0.05, 0) is 6.42 Å². The molecule has 2 nitrogen and oxygen atoms in total. The zero-order valence-corrected chi connectivity index (χ0v) is 4.53. The smallest absolute Gasteiger partial charge is 0.289 e. The van der Waals surface area contributed by atoms with Gasteiger partial charge in [0.1, 0.15) is 0 Å². The summed E-state index contributed by atoms with van der Waals surface area (Å²) in [5.74, 6) is 0. The van der Waals surface area contributed by atoms with Gasteiger partial charge in [-0.25, -0.2) is 5.48 Å². The van der Waals surface area contributed by atoms with E-state index in [0.717, 1.165) is 0 Å². The van der Waals surface area contributed by atoms with Crippen molar-refractivity contribution < 1.29 is 18.0 Å². The van der Waals surface area contributed by atoms with Crippen molar-refractivity contribution in [1.82, 2.24) is 5.48 Å². The molecule has 1 N–H and O–H groups in total. The van der Waals surface area contributed by atoms with Gasteiger partial charge in [0.15, 0.2) is 6.10 Å². The predicted octanol–water partition coefficient (Wildman–Crippen LogP) is 0.842. The Bertz CT molecular complexity index is 96.5. The van der Waals surface area contributed by atoms with Crippen LogP contribution >= 0.6 is 0 Å². The first-order chi connectivity index (χ1) is 4.11. The average molecular weight is 141 g/mol. The molecule has 0 aromatic heterocycles. The lowest BCUT2D eigenvalue weighted by atomic mass is 10.3. The second-order valence-corrected chi connectivity index (χ2v) is 1.83. The molecule has 0 aromatic carbocycles. The topological polar surface area (TPSA) is 21.3 Å². The summed E-state index contributed by atoms with van der Waals surface area (Å²) in [6.07, 6.45) is -5.79. The van der Waals surface area contributed by atoms with E-state index in [4.69, 9.17) is 0 Å². The normalized spacial score (nSPS) is 29.0.